The van der Waals surface area contributed by atoms with E-state index in [1.54, 1.807) is 31.4 Å². The summed E-state index contributed by atoms with van der Waals surface area (Å²) in [6.45, 7) is 0. The molecule has 1 heterocycles. The molecule has 0 spiro atoms. The fourth-order valence-corrected chi connectivity index (χ4v) is 5.65. The minimum atomic E-state index is -0.170. The Kier molecular flexibility index (Phi) is 3.46. The summed E-state index contributed by atoms with van der Waals surface area (Å²) in [5.41, 5.74) is 0.629. The SMILES string of the molecule is COc1ccc(Oc2ccc(N3C(=O)[C@@H]4[C@@H]5C=C[C@H]([C@@H]6C[C@H]56)[C@H]4C3=O)cc2)cc1. The van der Waals surface area contributed by atoms with E-state index in [4.69, 9.17) is 9.47 Å². The lowest BCUT2D eigenvalue weighted by Crippen LogP contribution is -2.40. The van der Waals surface area contributed by atoms with Gasteiger partial charge < -0.3 is 9.47 Å². The quantitative estimate of drug-likeness (QED) is 0.587. The Hall–Kier alpha value is -3.08. The highest BCUT2D eigenvalue weighted by Gasteiger charge is 2.67. The zero-order chi connectivity index (χ0) is 19.7. The topological polar surface area (TPSA) is 55.8 Å². The summed E-state index contributed by atoms with van der Waals surface area (Å²) in [6, 6.07) is 14.5. The summed E-state index contributed by atoms with van der Waals surface area (Å²) in [4.78, 5) is 27.7. The van der Waals surface area contributed by atoms with Crippen molar-refractivity contribution in [3.05, 3.63) is 60.7 Å². The largest absolute Gasteiger partial charge is 0.497 e. The molecule has 2 bridgehead atoms. The van der Waals surface area contributed by atoms with Crippen molar-refractivity contribution in [1.82, 2.24) is 0 Å². The van der Waals surface area contributed by atoms with Crippen LogP contribution in [0.4, 0.5) is 5.69 Å². The number of nitrogens with zero attached hydrogens (tertiary/aromatic N) is 1. The van der Waals surface area contributed by atoms with Gasteiger partial charge in [0.05, 0.1) is 24.6 Å². The minimum Gasteiger partial charge on any atom is -0.497 e. The van der Waals surface area contributed by atoms with Gasteiger partial charge in [-0.05, 0) is 78.6 Å². The third-order valence-electron chi connectivity index (χ3n) is 7.05. The lowest BCUT2D eigenvalue weighted by molar-refractivity contribution is -0.124. The van der Waals surface area contributed by atoms with Gasteiger partial charge in [-0.1, -0.05) is 12.2 Å². The van der Waals surface area contributed by atoms with Crippen molar-refractivity contribution in [2.45, 2.75) is 6.42 Å². The number of hydrogen-bond acceptors (Lipinski definition) is 4. The molecule has 0 unspecified atom stereocenters. The van der Waals surface area contributed by atoms with Crippen LogP contribution in [-0.2, 0) is 9.59 Å². The Balaban J connectivity index is 1.23. The highest BCUT2D eigenvalue weighted by Crippen LogP contribution is 2.65. The van der Waals surface area contributed by atoms with Gasteiger partial charge in [-0.15, -0.1) is 0 Å². The zero-order valence-corrected chi connectivity index (χ0v) is 16.0. The number of allylic oxidation sites excluding steroid dienone is 2. The number of anilines is 1. The number of imide groups is 1. The van der Waals surface area contributed by atoms with Gasteiger partial charge in [0, 0.05) is 0 Å². The fraction of sp³-hybridized carbons (Fsp3) is 0.333. The Morgan fingerprint density at radius 3 is 1.76 bits per heavy atom. The molecule has 3 fully saturated rings. The number of hydrogen-bond donors (Lipinski definition) is 0. The molecule has 146 valence electrons. The normalized spacial score (nSPS) is 33.5. The molecule has 0 radical (unpaired) electrons. The number of carbonyl (C=O) groups is 2. The Morgan fingerprint density at radius 1 is 0.759 bits per heavy atom. The molecule has 0 aromatic heterocycles. The maximum absolute atomic E-state index is 13.2. The van der Waals surface area contributed by atoms with Gasteiger partial charge in [0.25, 0.3) is 0 Å². The molecule has 1 saturated heterocycles. The third-order valence-corrected chi connectivity index (χ3v) is 7.05. The monoisotopic (exact) mass is 387 g/mol. The average molecular weight is 387 g/mol. The van der Waals surface area contributed by atoms with Gasteiger partial charge in [-0.2, -0.15) is 0 Å². The molecule has 29 heavy (non-hydrogen) atoms. The van der Waals surface area contributed by atoms with Gasteiger partial charge >= 0.3 is 0 Å². The van der Waals surface area contributed by atoms with Crippen molar-refractivity contribution in [2.24, 2.45) is 35.5 Å². The smallest absolute Gasteiger partial charge is 0.238 e. The maximum Gasteiger partial charge on any atom is 0.238 e. The molecule has 2 aromatic rings. The number of methoxy groups -OCH3 is 1. The first kappa shape index (κ1) is 16.8. The summed E-state index contributed by atoms with van der Waals surface area (Å²) >= 11 is 0. The van der Waals surface area contributed by atoms with E-state index in [2.05, 4.69) is 12.2 Å². The first-order valence-electron chi connectivity index (χ1n) is 10.1. The Bertz CT molecular complexity index is 990. The average Bonchev–Trinajstić information content (AvgIpc) is 3.53. The molecule has 5 heteroatoms. The van der Waals surface area contributed by atoms with Crippen molar-refractivity contribution in [3.8, 4) is 17.2 Å². The molecule has 7 rings (SSSR count). The van der Waals surface area contributed by atoms with Crippen LogP contribution in [0.1, 0.15) is 6.42 Å². The van der Waals surface area contributed by atoms with Crippen LogP contribution < -0.4 is 14.4 Å². The third kappa shape index (κ3) is 2.40. The highest BCUT2D eigenvalue weighted by molar-refractivity contribution is 6.22. The van der Waals surface area contributed by atoms with Crippen LogP contribution in [0.5, 0.6) is 17.2 Å². The summed E-state index contributed by atoms with van der Waals surface area (Å²) in [5.74, 6) is 3.42. The van der Waals surface area contributed by atoms with Crippen molar-refractivity contribution >= 4 is 17.5 Å². The van der Waals surface area contributed by atoms with E-state index in [1.165, 1.54) is 11.3 Å². The summed E-state index contributed by atoms with van der Waals surface area (Å²) in [6.07, 6.45) is 5.56. The summed E-state index contributed by atoms with van der Waals surface area (Å²) < 4.78 is 11.0. The zero-order valence-electron chi connectivity index (χ0n) is 16.0. The van der Waals surface area contributed by atoms with Crippen LogP contribution in [0, 0.1) is 35.5 Å². The molecular formula is C24H21NO4. The highest BCUT2D eigenvalue weighted by atomic mass is 16.5. The van der Waals surface area contributed by atoms with E-state index in [0.717, 1.165) is 5.75 Å². The number of ether oxygens (including phenoxy) is 2. The number of benzene rings is 2. The van der Waals surface area contributed by atoms with Gasteiger partial charge in [0.15, 0.2) is 0 Å². The predicted molar refractivity (Wildman–Crippen MR) is 107 cm³/mol. The Labute approximate surface area is 168 Å². The van der Waals surface area contributed by atoms with Crippen LogP contribution in [0.3, 0.4) is 0 Å². The summed E-state index contributed by atoms with van der Waals surface area (Å²) in [5, 5.41) is 0. The van der Waals surface area contributed by atoms with Gasteiger partial charge in [0.2, 0.25) is 11.8 Å². The van der Waals surface area contributed by atoms with E-state index in [-0.39, 0.29) is 35.5 Å². The number of amides is 2. The van der Waals surface area contributed by atoms with E-state index < -0.39 is 0 Å². The lowest BCUT2D eigenvalue weighted by Gasteiger charge is -2.37. The molecule has 4 aliphatic carbocycles. The van der Waals surface area contributed by atoms with Gasteiger partial charge in [0.1, 0.15) is 17.2 Å². The van der Waals surface area contributed by atoms with Crippen LogP contribution >= 0.6 is 0 Å². The molecule has 0 N–H and O–H groups in total. The molecule has 2 amide bonds. The molecule has 5 nitrogen and oxygen atoms in total. The molecule has 2 aromatic carbocycles. The van der Waals surface area contributed by atoms with E-state index in [1.807, 2.05) is 24.3 Å². The van der Waals surface area contributed by atoms with Crippen LogP contribution in [0.15, 0.2) is 60.7 Å². The standard InChI is InChI=1S/C24H21NO4/c1-28-14-6-8-16(9-7-14)29-15-4-2-13(3-5-15)25-23(26)21-17-10-11-18(20-12-19(17)20)22(21)24(25)27/h2-11,17-22H,12H2,1H3/t17-,18-,19-,20+,21-,22-/m1/s1. The maximum atomic E-state index is 13.2. The summed E-state index contributed by atoms with van der Waals surface area (Å²) in [7, 11) is 1.62. The fourth-order valence-electron chi connectivity index (χ4n) is 5.65. The number of carbonyl (C=O) groups excluding carboxylic acids is 2. The van der Waals surface area contributed by atoms with Crippen molar-refractivity contribution in [2.75, 3.05) is 12.0 Å². The molecule has 6 atom stereocenters. The van der Waals surface area contributed by atoms with E-state index in [9.17, 15) is 9.59 Å². The second kappa shape index (κ2) is 5.96. The van der Waals surface area contributed by atoms with Gasteiger partial charge in [-0.3, -0.25) is 14.5 Å². The predicted octanol–water partition coefficient (Wildman–Crippen LogP) is 4.05. The lowest BCUT2D eigenvalue weighted by atomic mass is 9.63. The molecule has 5 aliphatic rings. The number of rotatable bonds is 4. The second-order valence-corrected chi connectivity index (χ2v) is 8.44. The van der Waals surface area contributed by atoms with Gasteiger partial charge in [-0.25, -0.2) is 0 Å². The molecule has 2 saturated carbocycles. The van der Waals surface area contributed by atoms with Crippen molar-refractivity contribution in [1.29, 1.82) is 0 Å². The second-order valence-electron chi connectivity index (χ2n) is 8.44. The van der Waals surface area contributed by atoms with Crippen LogP contribution in [0.2, 0.25) is 0 Å². The Morgan fingerprint density at radius 2 is 1.24 bits per heavy atom. The van der Waals surface area contributed by atoms with E-state index in [0.29, 0.717) is 29.0 Å². The van der Waals surface area contributed by atoms with Crippen molar-refractivity contribution in [3.63, 3.8) is 0 Å². The minimum absolute atomic E-state index is 0.0338. The van der Waals surface area contributed by atoms with Crippen LogP contribution in [0.25, 0.3) is 0 Å². The molecule has 1 aliphatic heterocycles. The molecular weight excluding hydrogens is 366 g/mol. The van der Waals surface area contributed by atoms with E-state index >= 15 is 0 Å². The van der Waals surface area contributed by atoms with Crippen LogP contribution in [-0.4, -0.2) is 18.9 Å². The first-order chi connectivity index (χ1) is 14.2. The van der Waals surface area contributed by atoms with Crippen molar-refractivity contribution < 1.29 is 19.1 Å². The first-order valence-corrected chi connectivity index (χ1v) is 10.1.